The number of hydrogen-bond acceptors (Lipinski definition) is 3. The van der Waals surface area contributed by atoms with E-state index < -0.39 is 5.60 Å². The Balaban J connectivity index is 2.80. The van der Waals surface area contributed by atoms with Gasteiger partial charge in [0.1, 0.15) is 0 Å². The molecule has 1 aliphatic carbocycles. The molecule has 0 saturated heterocycles. The fourth-order valence-corrected chi connectivity index (χ4v) is 1.57. The second kappa shape index (κ2) is 3.50. The molecular formula is C10H17NO2. The van der Waals surface area contributed by atoms with Crippen molar-refractivity contribution in [2.24, 2.45) is 11.1 Å². The molecule has 0 aliphatic heterocycles. The lowest BCUT2D eigenvalue weighted by Gasteiger charge is -2.31. The zero-order chi connectivity index (χ0) is 10.1. The first kappa shape index (κ1) is 10.3. The van der Waals surface area contributed by atoms with E-state index >= 15 is 0 Å². The Morgan fingerprint density at radius 1 is 1.54 bits per heavy atom. The maximum absolute atomic E-state index is 9.78. The van der Waals surface area contributed by atoms with Crippen LogP contribution >= 0.6 is 0 Å². The van der Waals surface area contributed by atoms with Gasteiger partial charge in [0.25, 0.3) is 0 Å². The molecule has 0 heterocycles. The van der Waals surface area contributed by atoms with Gasteiger partial charge in [-0.15, -0.1) is 0 Å². The molecule has 2 N–H and O–H groups in total. The SMILES string of the molecule is CC1=CCC(C(C)(C)O)C/C1=N/O. The molecule has 3 heteroatoms. The van der Waals surface area contributed by atoms with Crippen LogP contribution in [0.3, 0.4) is 0 Å². The van der Waals surface area contributed by atoms with Crippen molar-refractivity contribution >= 4 is 5.71 Å². The lowest BCUT2D eigenvalue weighted by molar-refractivity contribution is 0.0201. The minimum atomic E-state index is -0.701. The number of aliphatic hydroxyl groups is 1. The maximum Gasteiger partial charge on any atom is 0.0825 e. The second-order valence-electron chi connectivity index (χ2n) is 4.22. The molecular weight excluding hydrogens is 166 g/mol. The van der Waals surface area contributed by atoms with Crippen LogP contribution in [0.5, 0.6) is 0 Å². The van der Waals surface area contributed by atoms with E-state index in [2.05, 4.69) is 5.16 Å². The van der Waals surface area contributed by atoms with Gasteiger partial charge in [-0.3, -0.25) is 0 Å². The summed E-state index contributed by atoms with van der Waals surface area (Å²) in [7, 11) is 0. The van der Waals surface area contributed by atoms with Crippen molar-refractivity contribution in [3.63, 3.8) is 0 Å². The van der Waals surface area contributed by atoms with E-state index in [1.165, 1.54) is 0 Å². The number of oxime groups is 1. The van der Waals surface area contributed by atoms with Gasteiger partial charge >= 0.3 is 0 Å². The van der Waals surface area contributed by atoms with E-state index in [1.807, 2.05) is 13.0 Å². The molecule has 0 amide bonds. The van der Waals surface area contributed by atoms with Crippen molar-refractivity contribution < 1.29 is 10.3 Å². The fourth-order valence-electron chi connectivity index (χ4n) is 1.57. The summed E-state index contributed by atoms with van der Waals surface area (Å²) < 4.78 is 0. The first-order valence-corrected chi connectivity index (χ1v) is 4.55. The lowest BCUT2D eigenvalue weighted by Crippen LogP contribution is -2.34. The molecule has 13 heavy (non-hydrogen) atoms. The molecule has 1 rings (SSSR count). The van der Waals surface area contributed by atoms with Crippen LogP contribution < -0.4 is 0 Å². The van der Waals surface area contributed by atoms with Gasteiger partial charge in [-0.1, -0.05) is 11.2 Å². The molecule has 0 radical (unpaired) electrons. The molecule has 0 aromatic heterocycles. The fraction of sp³-hybridized carbons (Fsp3) is 0.700. The van der Waals surface area contributed by atoms with Crippen LogP contribution in [0.1, 0.15) is 33.6 Å². The van der Waals surface area contributed by atoms with E-state index in [0.29, 0.717) is 12.1 Å². The second-order valence-corrected chi connectivity index (χ2v) is 4.22. The van der Waals surface area contributed by atoms with E-state index in [0.717, 1.165) is 12.0 Å². The third-order valence-corrected chi connectivity index (χ3v) is 2.72. The Labute approximate surface area is 78.8 Å². The van der Waals surface area contributed by atoms with Gasteiger partial charge in [-0.05, 0) is 45.1 Å². The van der Waals surface area contributed by atoms with Crippen molar-refractivity contribution in [2.75, 3.05) is 0 Å². The summed E-state index contributed by atoms with van der Waals surface area (Å²) in [5.74, 6) is 0.155. The first-order valence-electron chi connectivity index (χ1n) is 4.55. The van der Waals surface area contributed by atoms with Gasteiger partial charge in [-0.25, -0.2) is 0 Å². The van der Waals surface area contributed by atoms with Gasteiger partial charge in [0.15, 0.2) is 0 Å². The Kier molecular flexibility index (Phi) is 2.76. The number of rotatable bonds is 1. The average Bonchev–Trinajstić information content (AvgIpc) is 2.03. The Bertz CT molecular complexity index is 248. The molecule has 1 aliphatic rings. The van der Waals surface area contributed by atoms with Crippen molar-refractivity contribution in [3.05, 3.63) is 11.6 Å². The average molecular weight is 183 g/mol. The summed E-state index contributed by atoms with van der Waals surface area (Å²) in [6, 6.07) is 0. The molecule has 74 valence electrons. The highest BCUT2D eigenvalue weighted by molar-refractivity contribution is 6.00. The van der Waals surface area contributed by atoms with Crippen LogP contribution in [0.4, 0.5) is 0 Å². The van der Waals surface area contributed by atoms with Gasteiger partial charge < -0.3 is 10.3 Å². The monoisotopic (exact) mass is 183 g/mol. The van der Waals surface area contributed by atoms with Crippen LogP contribution in [0.2, 0.25) is 0 Å². The first-order chi connectivity index (χ1) is 5.95. The van der Waals surface area contributed by atoms with Gasteiger partial charge in [0, 0.05) is 0 Å². The van der Waals surface area contributed by atoms with Crippen LogP contribution in [-0.2, 0) is 0 Å². The Hall–Kier alpha value is -0.830. The van der Waals surface area contributed by atoms with E-state index in [1.54, 1.807) is 13.8 Å². The minimum absolute atomic E-state index is 0.155. The predicted octanol–water partition coefficient (Wildman–Crippen LogP) is 1.94. The quantitative estimate of drug-likeness (QED) is 0.482. The molecule has 0 bridgehead atoms. The highest BCUT2D eigenvalue weighted by atomic mass is 16.4. The summed E-state index contributed by atoms with van der Waals surface area (Å²) in [6.07, 6.45) is 3.53. The predicted molar refractivity (Wildman–Crippen MR) is 52.0 cm³/mol. The molecule has 0 saturated carbocycles. The van der Waals surface area contributed by atoms with Gasteiger partial charge in [0.05, 0.1) is 11.3 Å². The topological polar surface area (TPSA) is 52.8 Å². The normalized spacial score (nSPS) is 27.5. The molecule has 0 spiro atoms. The highest BCUT2D eigenvalue weighted by Crippen LogP contribution is 2.30. The maximum atomic E-state index is 9.78. The number of hydrogen-bond donors (Lipinski definition) is 2. The molecule has 1 unspecified atom stereocenters. The smallest absolute Gasteiger partial charge is 0.0825 e. The molecule has 3 nitrogen and oxygen atoms in total. The van der Waals surface area contributed by atoms with Crippen molar-refractivity contribution in [2.45, 2.75) is 39.2 Å². The molecule has 0 fully saturated rings. The third kappa shape index (κ3) is 2.31. The standard InChI is InChI=1S/C10H17NO2/c1-7-4-5-8(10(2,3)12)6-9(7)11-13/h4,8,12-13H,5-6H2,1-3H3/b11-9-. The minimum Gasteiger partial charge on any atom is -0.411 e. The van der Waals surface area contributed by atoms with Crippen molar-refractivity contribution in [1.29, 1.82) is 0 Å². The Morgan fingerprint density at radius 2 is 2.15 bits per heavy atom. The van der Waals surface area contributed by atoms with E-state index in [-0.39, 0.29) is 5.92 Å². The lowest BCUT2D eigenvalue weighted by atomic mass is 9.79. The van der Waals surface area contributed by atoms with E-state index in [4.69, 9.17) is 5.21 Å². The highest BCUT2D eigenvalue weighted by Gasteiger charge is 2.30. The Morgan fingerprint density at radius 3 is 2.62 bits per heavy atom. The summed E-state index contributed by atoms with van der Waals surface area (Å²) in [5, 5.41) is 21.7. The van der Waals surface area contributed by atoms with Crippen LogP contribution in [0.25, 0.3) is 0 Å². The van der Waals surface area contributed by atoms with Crippen molar-refractivity contribution in [3.8, 4) is 0 Å². The number of allylic oxidation sites excluding steroid dienone is 2. The molecule has 0 aromatic rings. The largest absolute Gasteiger partial charge is 0.411 e. The molecule has 1 atom stereocenters. The third-order valence-electron chi connectivity index (χ3n) is 2.72. The zero-order valence-electron chi connectivity index (χ0n) is 8.41. The summed E-state index contributed by atoms with van der Waals surface area (Å²) >= 11 is 0. The summed E-state index contributed by atoms with van der Waals surface area (Å²) in [4.78, 5) is 0. The zero-order valence-corrected chi connectivity index (χ0v) is 8.41. The van der Waals surface area contributed by atoms with E-state index in [9.17, 15) is 5.11 Å². The number of nitrogens with zero attached hydrogens (tertiary/aromatic N) is 1. The van der Waals surface area contributed by atoms with Gasteiger partial charge in [0.2, 0.25) is 0 Å². The summed E-state index contributed by atoms with van der Waals surface area (Å²) in [6.45, 7) is 5.51. The van der Waals surface area contributed by atoms with Crippen LogP contribution in [0.15, 0.2) is 16.8 Å². The van der Waals surface area contributed by atoms with Crippen LogP contribution in [0, 0.1) is 5.92 Å². The van der Waals surface area contributed by atoms with Crippen molar-refractivity contribution in [1.82, 2.24) is 0 Å². The molecule has 0 aromatic carbocycles. The summed E-state index contributed by atoms with van der Waals surface area (Å²) in [5.41, 5.74) is 1.01. The van der Waals surface area contributed by atoms with Crippen LogP contribution in [-0.4, -0.2) is 21.6 Å². The van der Waals surface area contributed by atoms with Gasteiger partial charge in [-0.2, -0.15) is 0 Å².